The number of hydrogen-bond acceptors (Lipinski definition) is 2. The second-order valence-corrected chi connectivity index (χ2v) is 5.55. The van der Waals surface area contributed by atoms with E-state index in [2.05, 4.69) is 0 Å². The van der Waals surface area contributed by atoms with Crippen LogP contribution in [0, 0.1) is 0 Å². The Morgan fingerprint density at radius 2 is 1.83 bits per heavy atom. The lowest BCUT2D eigenvalue weighted by atomic mass is 9.64. The maximum atomic E-state index is 13.1. The zero-order chi connectivity index (χ0) is 13.8. The van der Waals surface area contributed by atoms with Gasteiger partial charge in [-0.2, -0.15) is 13.2 Å². The summed E-state index contributed by atoms with van der Waals surface area (Å²) in [7, 11) is 0. The third kappa shape index (κ3) is 1.73. The van der Waals surface area contributed by atoms with Crippen molar-refractivity contribution in [3.05, 3.63) is 35.4 Å². The van der Waals surface area contributed by atoms with Crippen LogP contribution in [0.25, 0.3) is 0 Å². The van der Waals surface area contributed by atoms with Crippen molar-refractivity contribution < 1.29 is 18.3 Å². The SMILES string of the molecule is CC1(C)CC(O)(C(F)(F)F)C(N)c2ccccc21. The summed E-state index contributed by atoms with van der Waals surface area (Å²) in [5, 5.41) is 10.0. The van der Waals surface area contributed by atoms with Gasteiger partial charge in [-0.05, 0) is 23.0 Å². The Kier molecular flexibility index (Phi) is 2.76. The fourth-order valence-corrected chi connectivity index (χ4v) is 2.80. The van der Waals surface area contributed by atoms with Gasteiger partial charge in [0.1, 0.15) is 0 Å². The quantitative estimate of drug-likeness (QED) is 0.752. The van der Waals surface area contributed by atoms with E-state index in [1.807, 2.05) is 0 Å². The first-order valence-electron chi connectivity index (χ1n) is 5.74. The molecule has 1 aliphatic carbocycles. The van der Waals surface area contributed by atoms with Crippen molar-refractivity contribution in [1.82, 2.24) is 0 Å². The van der Waals surface area contributed by atoms with Crippen LogP contribution in [0.4, 0.5) is 13.2 Å². The number of rotatable bonds is 0. The summed E-state index contributed by atoms with van der Waals surface area (Å²) >= 11 is 0. The number of alkyl halides is 3. The van der Waals surface area contributed by atoms with E-state index in [1.54, 1.807) is 38.1 Å². The summed E-state index contributed by atoms with van der Waals surface area (Å²) in [6.07, 6.45) is -5.17. The molecule has 0 fully saturated rings. The standard InChI is InChI=1S/C13H16F3NO/c1-11(2)7-12(18,13(14,15)16)10(17)8-5-3-4-6-9(8)11/h3-6,10,18H,7,17H2,1-2H3. The van der Waals surface area contributed by atoms with Crippen LogP contribution < -0.4 is 5.73 Å². The summed E-state index contributed by atoms with van der Waals surface area (Å²) in [6.45, 7) is 3.38. The van der Waals surface area contributed by atoms with Crippen molar-refractivity contribution in [2.24, 2.45) is 5.73 Å². The van der Waals surface area contributed by atoms with Crippen LogP contribution >= 0.6 is 0 Å². The van der Waals surface area contributed by atoms with Crippen molar-refractivity contribution in [3.8, 4) is 0 Å². The first-order chi connectivity index (χ1) is 8.09. The van der Waals surface area contributed by atoms with E-state index in [4.69, 9.17) is 5.73 Å². The average molecular weight is 259 g/mol. The summed E-state index contributed by atoms with van der Waals surface area (Å²) in [6, 6.07) is 5.28. The highest BCUT2D eigenvalue weighted by molar-refractivity contribution is 5.41. The van der Waals surface area contributed by atoms with E-state index in [-0.39, 0.29) is 0 Å². The number of nitrogens with two attached hydrogens (primary N) is 1. The predicted molar refractivity (Wildman–Crippen MR) is 62.0 cm³/mol. The third-order valence-electron chi connectivity index (χ3n) is 3.74. The lowest BCUT2D eigenvalue weighted by Crippen LogP contribution is -2.58. The molecule has 0 bridgehead atoms. The number of benzene rings is 1. The molecule has 0 heterocycles. The van der Waals surface area contributed by atoms with Gasteiger partial charge in [0.25, 0.3) is 0 Å². The maximum absolute atomic E-state index is 13.1. The van der Waals surface area contributed by atoms with Gasteiger partial charge in [-0.15, -0.1) is 0 Å². The molecule has 0 aliphatic heterocycles. The molecular formula is C13H16F3NO. The third-order valence-corrected chi connectivity index (χ3v) is 3.74. The van der Waals surface area contributed by atoms with Crippen LogP contribution in [-0.4, -0.2) is 16.9 Å². The van der Waals surface area contributed by atoms with Gasteiger partial charge >= 0.3 is 6.18 Å². The molecule has 1 aliphatic rings. The van der Waals surface area contributed by atoms with Gasteiger partial charge in [-0.1, -0.05) is 38.1 Å². The molecule has 1 aromatic carbocycles. The zero-order valence-corrected chi connectivity index (χ0v) is 10.3. The average Bonchev–Trinajstić information content (AvgIpc) is 2.24. The van der Waals surface area contributed by atoms with E-state index in [1.165, 1.54) is 0 Å². The lowest BCUT2D eigenvalue weighted by Gasteiger charge is -2.47. The molecule has 2 atom stereocenters. The molecule has 2 unspecified atom stereocenters. The van der Waals surface area contributed by atoms with Crippen molar-refractivity contribution in [2.75, 3.05) is 0 Å². The Morgan fingerprint density at radius 3 is 2.39 bits per heavy atom. The van der Waals surface area contributed by atoms with Gasteiger partial charge in [0.2, 0.25) is 0 Å². The monoisotopic (exact) mass is 259 g/mol. The van der Waals surface area contributed by atoms with E-state index in [0.29, 0.717) is 5.56 Å². The molecule has 1 aromatic rings. The van der Waals surface area contributed by atoms with Crippen LogP contribution in [0.3, 0.4) is 0 Å². The topological polar surface area (TPSA) is 46.2 Å². The highest BCUT2D eigenvalue weighted by atomic mass is 19.4. The highest BCUT2D eigenvalue weighted by Gasteiger charge is 2.62. The molecule has 2 rings (SSSR count). The molecule has 0 radical (unpaired) electrons. The molecular weight excluding hydrogens is 243 g/mol. The van der Waals surface area contributed by atoms with Gasteiger partial charge in [-0.25, -0.2) is 0 Å². The van der Waals surface area contributed by atoms with Crippen LogP contribution in [0.15, 0.2) is 24.3 Å². The van der Waals surface area contributed by atoms with E-state index >= 15 is 0 Å². The summed E-state index contributed by atoms with van der Waals surface area (Å²) in [5.74, 6) is 0. The molecule has 0 saturated heterocycles. The largest absolute Gasteiger partial charge is 0.419 e. The second kappa shape index (κ2) is 3.71. The highest BCUT2D eigenvalue weighted by Crippen LogP contribution is 2.52. The molecule has 0 amide bonds. The Balaban J connectivity index is 2.62. The number of fused-ring (bicyclic) bond motifs is 1. The van der Waals surface area contributed by atoms with Crippen molar-refractivity contribution in [2.45, 2.75) is 43.5 Å². The van der Waals surface area contributed by atoms with Gasteiger partial charge in [0, 0.05) is 0 Å². The van der Waals surface area contributed by atoms with Crippen LogP contribution in [0.1, 0.15) is 37.4 Å². The van der Waals surface area contributed by atoms with Crippen molar-refractivity contribution in [1.29, 1.82) is 0 Å². The van der Waals surface area contributed by atoms with E-state index in [9.17, 15) is 18.3 Å². The lowest BCUT2D eigenvalue weighted by molar-refractivity contribution is -0.278. The summed E-state index contributed by atoms with van der Waals surface area (Å²) in [5.41, 5.74) is 3.16. The van der Waals surface area contributed by atoms with Gasteiger partial charge in [0.15, 0.2) is 5.60 Å². The van der Waals surface area contributed by atoms with Crippen LogP contribution in [0.2, 0.25) is 0 Å². The van der Waals surface area contributed by atoms with Crippen molar-refractivity contribution in [3.63, 3.8) is 0 Å². The molecule has 5 heteroatoms. The maximum Gasteiger partial charge on any atom is 0.419 e. The number of aliphatic hydroxyl groups is 1. The summed E-state index contributed by atoms with van der Waals surface area (Å²) < 4.78 is 39.2. The van der Waals surface area contributed by atoms with Gasteiger partial charge < -0.3 is 10.8 Å². The number of hydrogen-bond donors (Lipinski definition) is 2. The minimum absolute atomic E-state index is 0.369. The van der Waals surface area contributed by atoms with Gasteiger partial charge in [0.05, 0.1) is 6.04 Å². The smallest absolute Gasteiger partial charge is 0.379 e. The van der Waals surface area contributed by atoms with E-state index in [0.717, 1.165) is 5.56 Å². The molecule has 0 spiro atoms. The molecule has 3 N–H and O–H groups in total. The first kappa shape index (κ1) is 13.4. The van der Waals surface area contributed by atoms with Crippen LogP contribution in [-0.2, 0) is 5.41 Å². The second-order valence-electron chi connectivity index (χ2n) is 5.55. The van der Waals surface area contributed by atoms with Crippen LogP contribution in [0.5, 0.6) is 0 Å². The molecule has 18 heavy (non-hydrogen) atoms. The predicted octanol–water partition coefficient (Wildman–Crippen LogP) is 2.66. The Hall–Kier alpha value is -1.07. The normalized spacial score (nSPS) is 30.9. The first-order valence-corrected chi connectivity index (χ1v) is 5.74. The van der Waals surface area contributed by atoms with E-state index < -0.39 is 29.7 Å². The minimum Gasteiger partial charge on any atom is -0.379 e. The minimum atomic E-state index is -4.74. The molecule has 0 aromatic heterocycles. The van der Waals surface area contributed by atoms with Crippen molar-refractivity contribution >= 4 is 0 Å². The van der Waals surface area contributed by atoms with Gasteiger partial charge in [-0.3, -0.25) is 0 Å². The molecule has 0 saturated carbocycles. The molecule has 100 valence electrons. The Morgan fingerprint density at radius 1 is 1.28 bits per heavy atom. The Labute approximate surface area is 104 Å². The summed E-state index contributed by atoms with van der Waals surface area (Å²) in [4.78, 5) is 0. The zero-order valence-electron chi connectivity index (χ0n) is 10.3. The fraction of sp³-hybridized carbons (Fsp3) is 0.538. The number of halogens is 3. The fourth-order valence-electron chi connectivity index (χ4n) is 2.80. The Bertz CT molecular complexity index is 470. The molecule has 2 nitrogen and oxygen atoms in total.